The molecule has 2 N–H and O–H groups in total. The number of aromatic nitrogens is 2. The standard InChI is InChI=1S/C14H16N4O3/c19-11(17-6-3-4-7-17)9-15-13-12(14(20)21)18-8-2-1-5-10(18)16-13/h1-2,5,8,15H,3-4,6-7,9H2,(H,20,21). The zero-order valence-corrected chi connectivity index (χ0v) is 11.5. The Morgan fingerprint density at radius 3 is 2.76 bits per heavy atom. The number of hydrogen-bond acceptors (Lipinski definition) is 4. The van der Waals surface area contributed by atoms with E-state index in [-0.39, 0.29) is 24.0 Å². The summed E-state index contributed by atoms with van der Waals surface area (Å²) in [5.41, 5.74) is 0.575. The van der Waals surface area contributed by atoms with Crippen molar-refractivity contribution >= 4 is 23.3 Å². The van der Waals surface area contributed by atoms with Gasteiger partial charge in [-0.05, 0) is 25.0 Å². The minimum absolute atomic E-state index is 0.0269. The molecule has 0 radical (unpaired) electrons. The Balaban J connectivity index is 1.81. The van der Waals surface area contributed by atoms with E-state index in [0.717, 1.165) is 25.9 Å². The van der Waals surface area contributed by atoms with E-state index >= 15 is 0 Å². The molecular weight excluding hydrogens is 272 g/mol. The summed E-state index contributed by atoms with van der Waals surface area (Å²) in [6.45, 7) is 1.61. The van der Waals surface area contributed by atoms with Crippen LogP contribution in [-0.4, -0.2) is 50.9 Å². The molecule has 0 atom stereocenters. The van der Waals surface area contributed by atoms with Crippen LogP contribution in [0.25, 0.3) is 5.65 Å². The molecule has 2 aromatic heterocycles. The number of carbonyl (C=O) groups excluding carboxylic acids is 1. The molecule has 1 fully saturated rings. The molecule has 1 aliphatic rings. The summed E-state index contributed by atoms with van der Waals surface area (Å²) < 4.78 is 1.49. The summed E-state index contributed by atoms with van der Waals surface area (Å²) in [7, 11) is 0. The average Bonchev–Trinajstić information content (AvgIpc) is 3.11. The van der Waals surface area contributed by atoms with Gasteiger partial charge < -0.3 is 15.3 Å². The zero-order chi connectivity index (χ0) is 14.8. The number of fused-ring (bicyclic) bond motifs is 1. The number of nitrogens with zero attached hydrogens (tertiary/aromatic N) is 3. The van der Waals surface area contributed by atoms with Gasteiger partial charge in [-0.25, -0.2) is 9.78 Å². The lowest BCUT2D eigenvalue weighted by Gasteiger charge is -2.15. The van der Waals surface area contributed by atoms with E-state index in [1.165, 1.54) is 4.40 Å². The van der Waals surface area contributed by atoms with E-state index < -0.39 is 5.97 Å². The summed E-state index contributed by atoms with van der Waals surface area (Å²) in [5, 5.41) is 12.2. The van der Waals surface area contributed by atoms with Gasteiger partial charge in [0.05, 0.1) is 6.54 Å². The third kappa shape index (κ3) is 2.54. The fraction of sp³-hybridized carbons (Fsp3) is 0.357. The first-order chi connectivity index (χ1) is 10.2. The number of pyridine rings is 1. The number of amides is 1. The minimum atomic E-state index is -1.08. The number of likely N-dealkylation sites (tertiary alicyclic amines) is 1. The summed E-state index contributed by atoms with van der Waals surface area (Å²) in [6.07, 6.45) is 3.69. The number of rotatable bonds is 4. The fourth-order valence-corrected chi connectivity index (χ4v) is 2.56. The number of nitrogens with one attached hydrogen (secondary N) is 1. The van der Waals surface area contributed by atoms with Gasteiger partial charge in [0.25, 0.3) is 0 Å². The average molecular weight is 288 g/mol. The SMILES string of the molecule is O=C(O)c1c(NCC(=O)N2CCCC2)nc2ccccn12. The van der Waals surface area contributed by atoms with Crippen LogP contribution >= 0.6 is 0 Å². The van der Waals surface area contributed by atoms with Crippen LogP contribution in [0.5, 0.6) is 0 Å². The molecule has 7 heteroatoms. The number of carboxylic acid groups (broad SMARTS) is 1. The van der Waals surface area contributed by atoms with Gasteiger partial charge in [0.2, 0.25) is 5.91 Å². The Hall–Kier alpha value is -2.57. The molecule has 0 saturated carbocycles. The van der Waals surface area contributed by atoms with Crippen molar-refractivity contribution in [1.82, 2.24) is 14.3 Å². The van der Waals surface area contributed by atoms with Crippen molar-refractivity contribution in [2.45, 2.75) is 12.8 Å². The number of anilines is 1. The number of imidazole rings is 1. The normalized spacial score (nSPS) is 14.6. The summed E-state index contributed by atoms with van der Waals surface area (Å²) in [4.78, 5) is 29.4. The van der Waals surface area contributed by atoms with Crippen LogP contribution in [0.4, 0.5) is 5.82 Å². The molecule has 7 nitrogen and oxygen atoms in total. The van der Waals surface area contributed by atoms with Crippen molar-refractivity contribution in [2.75, 3.05) is 25.0 Å². The minimum Gasteiger partial charge on any atom is -0.476 e. The maximum atomic E-state index is 12.0. The molecule has 0 aromatic carbocycles. The van der Waals surface area contributed by atoms with Crippen molar-refractivity contribution < 1.29 is 14.7 Å². The first-order valence-electron chi connectivity index (χ1n) is 6.89. The van der Waals surface area contributed by atoms with Gasteiger partial charge in [0, 0.05) is 19.3 Å². The van der Waals surface area contributed by atoms with Crippen LogP contribution in [-0.2, 0) is 4.79 Å². The highest BCUT2D eigenvalue weighted by atomic mass is 16.4. The molecule has 3 heterocycles. The maximum Gasteiger partial charge on any atom is 0.356 e. The molecule has 0 spiro atoms. The lowest BCUT2D eigenvalue weighted by molar-refractivity contribution is -0.128. The van der Waals surface area contributed by atoms with Crippen LogP contribution in [0.3, 0.4) is 0 Å². The van der Waals surface area contributed by atoms with E-state index in [1.807, 2.05) is 0 Å². The molecule has 0 unspecified atom stereocenters. The second-order valence-corrected chi connectivity index (χ2v) is 4.98. The topological polar surface area (TPSA) is 86.9 Å². The number of hydrogen-bond donors (Lipinski definition) is 2. The largest absolute Gasteiger partial charge is 0.476 e. The molecule has 1 amide bonds. The molecular formula is C14H16N4O3. The van der Waals surface area contributed by atoms with Gasteiger partial charge in [0.15, 0.2) is 11.5 Å². The van der Waals surface area contributed by atoms with Gasteiger partial charge in [0.1, 0.15) is 5.65 Å². The van der Waals surface area contributed by atoms with E-state index in [4.69, 9.17) is 0 Å². The van der Waals surface area contributed by atoms with Crippen molar-refractivity contribution in [2.24, 2.45) is 0 Å². The summed E-state index contributed by atoms with van der Waals surface area (Å²) in [5.74, 6) is -0.882. The second-order valence-electron chi connectivity index (χ2n) is 4.98. The molecule has 1 aliphatic heterocycles. The van der Waals surface area contributed by atoms with Crippen molar-refractivity contribution in [3.8, 4) is 0 Å². The third-order valence-electron chi connectivity index (χ3n) is 3.60. The monoisotopic (exact) mass is 288 g/mol. The van der Waals surface area contributed by atoms with E-state index in [1.54, 1.807) is 29.3 Å². The third-order valence-corrected chi connectivity index (χ3v) is 3.60. The number of carbonyl (C=O) groups is 2. The summed E-state index contributed by atoms with van der Waals surface area (Å²) in [6, 6.07) is 5.24. The van der Waals surface area contributed by atoms with Crippen LogP contribution in [0, 0.1) is 0 Å². The Morgan fingerprint density at radius 2 is 2.05 bits per heavy atom. The lowest BCUT2D eigenvalue weighted by Crippen LogP contribution is -2.33. The number of carboxylic acids is 1. The smallest absolute Gasteiger partial charge is 0.356 e. The Kier molecular flexibility index (Phi) is 3.47. The van der Waals surface area contributed by atoms with Gasteiger partial charge in [-0.2, -0.15) is 0 Å². The quantitative estimate of drug-likeness (QED) is 0.878. The van der Waals surface area contributed by atoms with Crippen LogP contribution in [0.1, 0.15) is 23.3 Å². The molecule has 0 bridgehead atoms. The molecule has 3 rings (SSSR count). The van der Waals surface area contributed by atoms with E-state index in [2.05, 4.69) is 10.3 Å². The highest BCUT2D eigenvalue weighted by Gasteiger charge is 2.21. The van der Waals surface area contributed by atoms with Crippen molar-refractivity contribution in [1.29, 1.82) is 0 Å². The fourth-order valence-electron chi connectivity index (χ4n) is 2.56. The molecule has 110 valence electrons. The van der Waals surface area contributed by atoms with Gasteiger partial charge in [-0.1, -0.05) is 6.07 Å². The van der Waals surface area contributed by atoms with Gasteiger partial charge in [-0.3, -0.25) is 9.20 Å². The second kappa shape index (κ2) is 5.43. The predicted octanol–water partition coefficient (Wildman–Crippen LogP) is 1.07. The van der Waals surface area contributed by atoms with E-state index in [9.17, 15) is 14.7 Å². The molecule has 1 saturated heterocycles. The van der Waals surface area contributed by atoms with E-state index in [0.29, 0.717) is 5.65 Å². The van der Waals surface area contributed by atoms with Crippen molar-refractivity contribution in [3.63, 3.8) is 0 Å². The highest BCUT2D eigenvalue weighted by Crippen LogP contribution is 2.17. The highest BCUT2D eigenvalue weighted by molar-refractivity contribution is 5.93. The van der Waals surface area contributed by atoms with Crippen LogP contribution in [0.2, 0.25) is 0 Å². The molecule has 21 heavy (non-hydrogen) atoms. The van der Waals surface area contributed by atoms with Crippen molar-refractivity contribution in [3.05, 3.63) is 30.1 Å². The lowest BCUT2D eigenvalue weighted by atomic mass is 10.4. The van der Waals surface area contributed by atoms with Gasteiger partial charge in [-0.15, -0.1) is 0 Å². The molecule has 0 aliphatic carbocycles. The first-order valence-corrected chi connectivity index (χ1v) is 6.89. The van der Waals surface area contributed by atoms with Gasteiger partial charge >= 0.3 is 5.97 Å². The first kappa shape index (κ1) is 13.4. The zero-order valence-electron chi connectivity index (χ0n) is 11.5. The Morgan fingerprint density at radius 1 is 1.29 bits per heavy atom. The predicted molar refractivity (Wildman–Crippen MR) is 76.5 cm³/mol. The molecule has 2 aromatic rings. The maximum absolute atomic E-state index is 12.0. The van der Waals surface area contributed by atoms with Crippen LogP contribution < -0.4 is 5.32 Å². The number of aromatic carboxylic acids is 1. The van der Waals surface area contributed by atoms with Crippen LogP contribution in [0.15, 0.2) is 24.4 Å². The Bertz CT molecular complexity index is 689. The Labute approximate surface area is 121 Å². The summed E-state index contributed by atoms with van der Waals surface area (Å²) >= 11 is 0.